The smallest absolute Gasteiger partial charge is 0.123 e. The van der Waals surface area contributed by atoms with Crippen LogP contribution in [0.3, 0.4) is 0 Å². The Labute approximate surface area is 112 Å². The van der Waals surface area contributed by atoms with Crippen molar-refractivity contribution < 1.29 is 0 Å². The van der Waals surface area contributed by atoms with Crippen LogP contribution < -0.4 is 11.1 Å². The average Bonchev–Trinajstić information content (AvgIpc) is 2.88. The minimum atomic E-state index is 0.367. The number of nitrogens with one attached hydrogen (secondary N) is 1. The molecule has 0 amide bonds. The van der Waals surface area contributed by atoms with Gasteiger partial charge in [-0.3, -0.25) is 0 Å². The van der Waals surface area contributed by atoms with Gasteiger partial charge in [-0.05, 0) is 48.5 Å². The van der Waals surface area contributed by atoms with Crippen LogP contribution in [0.2, 0.25) is 0 Å². The Hall–Kier alpha value is -1.39. The molecule has 96 valence electrons. The first-order chi connectivity index (χ1) is 8.79. The van der Waals surface area contributed by atoms with E-state index in [9.17, 15) is 0 Å². The van der Waals surface area contributed by atoms with Gasteiger partial charge in [-0.1, -0.05) is 13.0 Å². The average molecular weight is 261 g/mol. The molecule has 0 aliphatic rings. The molecule has 2 rings (SSSR count). The van der Waals surface area contributed by atoms with Crippen LogP contribution in [-0.2, 0) is 6.42 Å². The van der Waals surface area contributed by atoms with Gasteiger partial charge in [-0.25, -0.2) is 4.98 Å². The second-order valence-electron chi connectivity index (χ2n) is 4.32. The van der Waals surface area contributed by atoms with Crippen molar-refractivity contribution in [1.29, 1.82) is 0 Å². The van der Waals surface area contributed by atoms with Crippen molar-refractivity contribution in [3.8, 4) is 0 Å². The molecular formula is C14H19N3S. The lowest BCUT2D eigenvalue weighted by Crippen LogP contribution is -2.23. The number of anilines is 1. The quantitative estimate of drug-likeness (QED) is 0.840. The molecular weight excluding hydrogens is 242 g/mol. The summed E-state index contributed by atoms with van der Waals surface area (Å²) in [5.74, 6) is 0.591. The summed E-state index contributed by atoms with van der Waals surface area (Å²) in [6.07, 6.45) is 3.86. The lowest BCUT2D eigenvalue weighted by molar-refractivity contribution is 0.536. The van der Waals surface area contributed by atoms with E-state index >= 15 is 0 Å². The Morgan fingerprint density at radius 2 is 2.33 bits per heavy atom. The highest BCUT2D eigenvalue weighted by atomic mass is 32.1. The molecule has 0 bridgehead atoms. The van der Waals surface area contributed by atoms with E-state index in [1.807, 2.05) is 12.1 Å². The normalized spacial score (nSPS) is 12.5. The van der Waals surface area contributed by atoms with Crippen LogP contribution >= 0.6 is 11.3 Å². The van der Waals surface area contributed by atoms with Crippen molar-refractivity contribution in [3.05, 3.63) is 46.3 Å². The molecule has 0 aliphatic carbocycles. The maximum absolute atomic E-state index is 5.72. The van der Waals surface area contributed by atoms with E-state index in [1.165, 1.54) is 10.4 Å². The molecule has 18 heavy (non-hydrogen) atoms. The van der Waals surface area contributed by atoms with Crippen LogP contribution in [0.1, 0.15) is 29.8 Å². The Morgan fingerprint density at radius 3 is 3.00 bits per heavy atom. The third-order valence-electron chi connectivity index (χ3n) is 2.81. The molecule has 0 saturated heterocycles. The van der Waals surface area contributed by atoms with E-state index in [0.29, 0.717) is 11.9 Å². The van der Waals surface area contributed by atoms with Gasteiger partial charge in [0.2, 0.25) is 0 Å². The zero-order valence-corrected chi connectivity index (χ0v) is 11.4. The number of hydrogen-bond acceptors (Lipinski definition) is 4. The first-order valence-corrected chi connectivity index (χ1v) is 7.14. The van der Waals surface area contributed by atoms with Crippen molar-refractivity contribution in [1.82, 2.24) is 10.3 Å². The highest BCUT2D eigenvalue weighted by molar-refractivity contribution is 7.10. The van der Waals surface area contributed by atoms with E-state index in [1.54, 1.807) is 17.5 Å². The Balaban J connectivity index is 2.10. The van der Waals surface area contributed by atoms with Crippen LogP contribution in [-0.4, -0.2) is 11.5 Å². The largest absolute Gasteiger partial charge is 0.384 e. The molecule has 3 N–H and O–H groups in total. The lowest BCUT2D eigenvalue weighted by Gasteiger charge is -2.17. The number of nitrogen functional groups attached to an aromatic ring is 1. The van der Waals surface area contributed by atoms with Crippen molar-refractivity contribution in [2.75, 3.05) is 12.3 Å². The molecule has 0 saturated carbocycles. The third kappa shape index (κ3) is 3.55. The maximum Gasteiger partial charge on any atom is 0.123 e. The van der Waals surface area contributed by atoms with Crippen molar-refractivity contribution in [3.63, 3.8) is 0 Å². The summed E-state index contributed by atoms with van der Waals surface area (Å²) >= 11 is 1.80. The Morgan fingerprint density at radius 1 is 1.44 bits per heavy atom. The maximum atomic E-state index is 5.72. The van der Waals surface area contributed by atoms with Gasteiger partial charge in [-0.2, -0.15) is 0 Å². The number of pyridine rings is 1. The second kappa shape index (κ2) is 6.52. The van der Waals surface area contributed by atoms with Crippen molar-refractivity contribution in [2.45, 2.75) is 25.8 Å². The van der Waals surface area contributed by atoms with Gasteiger partial charge < -0.3 is 11.1 Å². The van der Waals surface area contributed by atoms with Crippen molar-refractivity contribution in [2.24, 2.45) is 0 Å². The Bertz CT molecular complexity index is 468. The van der Waals surface area contributed by atoms with E-state index < -0.39 is 0 Å². The van der Waals surface area contributed by atoms with E-state index in [0.717, 1.165) is 19.4 Å². The zero-order chi connectivity index (χ0) is 12.8. The van der Waals surface area contributed by atoms with Gasteiger partial charge in [0.1, 0.15) is 5.82 Å². The van der Waals surface area contributed by atoms with E-state index in [4.69, 9.17) is 5.73 Å². The van der Waals surface area contributed by atoms with Gasteiger partial charge in [0.25, 0.3) is 0 Å². The molecule has 0 spiro atoms. The fourth-order valence-electron chi connectivity index (χ4n) is 1.94. The number of aromatic nitrogens is 1. The van der Waals surface area contributed by atoms with Gasteiger partial charge in [0.15, 0.2) is 0 Å². The predicted molar refractivity (Wildman–Crippen MR) is 77.7 cm³/mol. The molecule has 0 fully saturated rings. The van der Waals surface area contributed by atoms with Crippen LogP contribution in [0.5, 0.6) is 0 Å². The standard InChI is InChI=1S/C14H19N3S/c1-2-6-16-12(13-4-3-8-18-13)9-11-5-7-17-14(15)10-11/h3-5,7-8,10,12,16H,2,6,9H2,1H3,(H2,15,17). The van der Waals surface area contributed by atoms with Gasteiger partial charge in [0, 0.05) is 17.1 Å². The van der Waals surface area contributed by atoms with Crippen molar-refractivity contribution >= 4 is 17.2 Å². The summed E-state index contributed by atoms with van der Waals surface area (Å²) in [7, 11) is 0. The summed E-state index contributed by atoms with van der Waals surface area (Å²) in [6, 6.07) is 8.63. The van der Waals surface area contributed by atoms with Crippen LogP contribution in [0.15, 0.2) is 35.8 Å². The Kier molecular flexibility index (Phi) is 4.73. The van der Waals surface area contributed by atoms with E-state index in [-0.39, 0.29) is 0 Å². The van der Waals surface area contributed by atoms with Gasteiger partial charge in [0.05, 0.1) is 0 Å². The molecule has 2 heterocycles. The highest BCUT2D eigenvalue weighted by Gasteiger charge is 2.12. The monoisotopic (exact) mass is 261 g/mol. The summed E-state index contributed by atoms with van der Waals surface area (Å²) in [4.78, 5) is 5.41. The molecule has 0 aliphatic heterocycles. The second-order valence-corrected chi connectivity index (χ2v) is 5.29. The molecule has 1 atom stereocenters. The minimum Gasteiger partial charge on any atom is -0.384 e. The molecule has 4 heteroatoms. The molecule has 1 unspecified atom stereocenters. The van der Waals surface area contributed by atoms with Crippen LogP contribution in [0, 0.1) is 0 Å². The zero-order valence-electron chi connectivity index (χ0n) is 10.6. The number of nitrogens with two attached hydrogens (primary N) is 1. The first kappa shape index (κ1) is 13.1. The van der Waals surface area contributed by atoms with Gasteiger partial charge >= 0.3 is 0 Å². The topological polar surface area (TPSA) is 50.9 Å². The molecule has 0 radical (unpaired) electrons. The highest BCUT2D eigenvalue weighted by Crippen LogP contribution is 2.23. The minimum absolute atomic E-state index is 0.367. The molecule has 3 nitrogen and oxygen atoms in total. The summed E-state index contributed by atoms with van der Waals surface area (Å²) in [5, 5.41) is 5.71. The number of hydrogen-bond donors (Lipinski definition) is 2. The fraction of sp³-hybridized carbons (Fsp3) is 0.357. The summed E-state index contributed by atoms with van der Waals surface area (Å²) < 4.78 is 0. The molecule has 2 aromatic rings. The predicted octanol–water partition coefficient (Wildman–Crippen LogP) is 3.01. The molecule has 0 aromatic carbocycles. The first-order valence-electron chi connectivity index (χ1n) is 6.26. The van der Waals surface area contributed by atoms with E-state index in [2.05, 4.69) is 34.7 Å². The lowest BCUT2D eigenvalue weighted by atomic mass is 10.1. The SMILES string of the molecule is CCCNC(Cc1ccnc(N)c1)c1cccs1. The summed E-state index contributed by atoms with van der Waals surface area (Å²) in [5.41, 5.74) is 6.95. The fourth-order valence-corrected chi connectivity index (χ4v) is 2.74. The molecule has 2 aromatic heterocycles. The number of thiophene rings is 1. The number of nitrogens with zero attached hydrogens (tertiary/aromatic N) is 1. The number of rotatable bonds is 6. The third-order valence-corrected chi connectivity index (χ3v) is 3.80. The van der Waals surface area contributed by atoms with Crippen LogP contribution in [0.25, 0.3) is 0 Å². The van der Waals surface area contributed by atoms with Gasteiger partial charge in [-0.15, -0.1) is 11.3 Å². The van der Waals surface area contributed by atoms with Crippen LogP contribution in [0.4, 0.5) is 5.82 Å². The summed E-state index contributed by atoms with van der Waals surface area (Å²) in [6.45, 7) is 3.21.